The van der Waals surface area contributed by atoms with Crippen molar-refractivity contribution in [3.8, 4) is 17.4 Å². The molecule has 0 fully saturated rings. The fourth-order valence-electron chi connectivity index (χ4n) is 3.97. The minimum atomic E-state index is -4.46. The van der Waals surface area contributed by atoms with Crippen molar-refractivity contribution in [3.05, 3.63) is 83.7 Å². The average Bonchev–Trinajstić information content (AvgIpc) is 3.54. The van der Waals surface area contributed by atoms with Gasteiger partial charge in [0.05, 0.1) is 41.1 Å². The molecule has 0 saturated heterocycles. The highest BCUT2D eigenvalue weighted by molar-refractivity contribution is 7.98. The normalized spacial score (nSPS) is 12.2. The first-order valence-corrected chi connectivity index (χ1v) is 13.8. The van der Waals surface area contributed by atoms with Crippen LogP contribution in [0.3, 0.4) is 0 Å². The summed E-state index contributed by atoms with van der Waals surface area (Å²) < 4.78 is 58.7. The predicted molar refractivity (Wildman–Crippen MR) is 149 cm³/mol. The van der Waals surface area contributed by atoms with Crippen LogP contribution in [0.5, 0.6) is 5.88 Å². The maximum Gasteiger partial charge on any atom is 0.416 e. The molecule has 0 amide bonds. The second-order valence-electron chi connectivity index (χ2n) is 10.1. The summed E-state index contributed by atoms with van der Waals surface area (Å²) in [5.41, 5.74) is 1.34. The second-order valence-corrected chi connectivity index (χ2v) is 11.1. The van der Waals surface area contributed by atoms with E-state index in [9.17, 15) is 13.2 Å². The number of pyridine rings is 1. The van der Waals surface area contributed by atoms with Crippen LogP contribution in [0.1, 0.15) is 37.8 Å². The zero-order valence-corrected chi connectivity index (χ0v) is 23.5. The van der Waals surface area contributed by atoms with Crippen molar-refractivity contribution in [2.75, 3.05) is 13.2 Å². The fourth-order valence-corrected chi connectivity index (χ4v) is 4.82. The van der Waals surface area contributed by atoms with Gasteiger partial charge in [0.25, 0.3) is 0 Å². The van der Waals surface area contributed by atoms with Gasteiger partial charge in [-0.2, -0.15) is 18.2 Å². The van der Waals surface area contributed by atoms with E-state index >= 15 is 0 Å². The Balaban J connectivity index is 1.32. The summed E-state index contributed by atoms with van der Waals surface area (Å²) in [5.74, 6) is 1.29. The van der Waals surface area contributed by atoms with Gasteiger partial charge >= 0.3 is 6.18 Å². The average molecular weight is 584 g/mol. The third-order valence-electron chi connectivity index (χ3n) is 5.84. The summed E-state index contributed by atoms with van der Waals surface area (Å²) in [5, 5.41) is 4.58. The Morgan fingerprint density at radius 2 is 1.71 bits per heavy atom. The van der Waals surface area contributed by atoms with Gasteiger partial charge in [-0.15, -0.1) is 0 Å². The van der Waals surface area contributed by atoms with Gasteiger partial charge in [-0.1, -0.05) is 53.3 Å². The van der Waals surface area contributed by atoms with Gasteiger partial charge in [-0.3, -0.25) is 0 Å². The number of benzene rings is 2. The van der Waals surface area contributed by atoms with Crippen LogP contribution in [0, 0.1) is 0 Å². The van der Waals surface area contributed by atoms with Crippen LogP contribution < -0.4 is 4.74 Å². The first-order valence-electron chi connectivity index (χ1n) is 12.9. The molecule has 0 bridgehead atoms. The molecule has 0 spiro atoms. The number of halogens is 3. The van der Waals surface area contributed by atoms with Gasteiger partial charge < -0.3 is 18.6 Å². The molecule has 0 N–H and O–H groups in total. The van der Waals surface area contributed by atoms with E-state index in [4.69, 9.17) is 14.0 Å². The number of aromatic nitrogens is 5. The molecule has 41 heavy (non-hydrogen) atoms. The lowest BCUT2D eigenvalue weighted by molar-refractivity contribution is -0.137. The number of nitrogens with zero attached hydrogens (tertiary/aromatic N) is 5. The van der Waals surface area contributed by atoms with E-state index in [1.54, 1.807) is 18.2 Å². The van der Waals surface area contributed by atoms with Gasteiger partial charge in [0.15, 0.2) is 5.16 Å². The minimum Gasteiger partial charge on any atom is -0.475 e. The first-order chi connectivity index (χ1) is 19.5. The topological polar surface area (TPSA) is 88.1 Å². The lowest BCUT2D eigenvalue weighted by Crippen LogP contribution is -2.22. The number of alkyl halides is 3. The number of imidazole rings is 1. The summed E-state index contributed by atoms with van der Waals surface area (Å²) in [6.45, 7) is 7.13. The standard InChI is InChI=1S/C29H28F3N5O3S/c1-28(2,3)39-15-14-38-24-11-7-10-21(33-24)26-35-25(40-36-26)18-41-27-34-22-16-20(29(30,31)32)12-13-23(22)37(27)17-19-8-5-4-6-9-19/h4-13,16H,14-15,17-18H2,1-3H3. The number of hydrogen-bond acceptors (Lipinski definition) is 8. The largest absolute Gasteiger partial charge is 0.475 e. The molecule has 0 radical (unpaired) electrons. The molecule has 0 aliphatic heterocycles. The molecule has 2 aromatic carbocycles. The van der Waals surface area contributed by atoms with Crippen LogP contribution in [-0.2, 0) is 23.2 Å². The minimum absolute atomic E-state index is 0.255. The van der Waals surface area contributed by atoms with Crippen LogP contribution in [0.25, 0.3) is 22.6 Å². The van der Waals surface area contributed by atoms with Crippen LogP contribution in [0.2, 0.25) is 0 Å². The highest BCUT2D eigenvalue weighted by atomic mass is 32.2. The number of thioether (sulfide) groups is 1. The molecule has 5 aromatic rings. The summed E-state index contributed by atoms with van der Waals surface area (Å²) in [6.07, 6.45) is -4.46. The Hall–Kier alpha value is -3.90. The highest BCUT2D eigenvalue weighted by Crippen LogP contribution is 2.34. The molecular weight excluding hydrogens is 555 g/mol. The van der Waals surface area contributed by atoms with Gasteiger partial charge in [0.2, 0.25) is 17.6 Å². The van der Waals surface area contributed by atoms with Gasteiger partial charge in [0, 0.05) is 6.07 Å². The predicted octanol–water partition coefficient (Wildman–Crippen LogP) is 7.03. The van der Waals surface area contributed by atoms with Crippen molar-refractivity contribution >= 4 is 22.8 Å². The smallest absolute Gasteiger partial charge is 0.416 e. The first kappa shape index (κ1) is 28.6. The van der Waals surface area contributed by atoms with E-state index in [2.05, 4.69) is 20.1 Å². The van der Waals surface area contributed by atoms with Crippen molar-refractivity contribution in [1.29, 1.82) is 0 Å². The molecule has 3 aromatic heterocycles. The Kier molecular flexibility index (Phi) is 8.32. The molecule has 0 saturated carbocycles. The third kappa shape index (κ3) is 7.44. The third-order valence-corrected chi connectivity index (χ3v) is 6.80. The molecule has 0 atom stereocenters. The maximum atomic E-state index is 13.3. The van der Waals surface area contributed by atoms with Crippen LogP contribution in [0.15, 0.2) is 76.4 Å². The quantitative estimate of drug-likeness (QED) is 0.128. The van der Waals surface area contributed by atoms with Gasteiger partial charge in [-0.05, 0) is 50.6 Å². The van der Waals surface area contributed by atoms with E-state index in [-0.39, 0.29) is 16.9 Å². The van der Waals surface area contributed by atoms with E-state index < -0.39 is 11.7 Å². The Labute approximate surface area is 238 Å². The summed E-state index contributed by atoms with van der Waals surface area (Å²) in [6, 6.07) is 18.5. The summed E-state index contributed by atoms with van der Waals surface area (Å²) in [4.78, 5) is 13.4. The lowest BCUT2D eigenvalue weighted by Gasteiger charge is -2.19. The van der Waals surface area contributed by atoms with E-state index in [1.807, 2.05) is 55.7 Å². The highest BCUT2D eigenvalue weighted by Gasteiger charge is 2.31. The fraction of sp³-hybridized carbons (Fsp3) is 0.310. The molecular formula is C29H28F3N5O3S. The maximum absolute atomic E-state index is 13.3. The van der Waals surface area contributed by atoms with Gasteiger partial charge in [-0.25, -0.2) is 9.97 Å². The van der Waals surface area contributed by atoms with E-state index in [0.717, 1.165) is 17.7 Å². The summed E-state index contributed by atoms with van der Waals surface area (Å²) >= 11 is 1.30. The van der Waals surface area contributed by atoms with E-state index in [1.165, 1.54) is 17.8 Å². The Bertz CT molecular complexity index is 1610. The van der Waals surface area contributed by atoms with Crippen molar-refractivity contribution in [1.82, 2.24) is 24.7 Å². The van der Waals surface area contributed by atoms with Crippen molar-refractivity contribution in [2.45, 2.75) is 50.0 Å². The zero-order chi connectivity index (χ0) is 29.0. The second kappa shape index (κ2) is 11.9. The van der Waals surface area contributed by atoms with Crippen LogP contribution in [-0.4, -0.2) is 43.5 Å². The number of fused-ring (bicyclic) bond motifs is 1. The molecule has 3 heterocycles. The van der Waals surface area contributed by atoms with E-state index in [0.29, 0.717) is 53.7 Å². The van der Waals surface area contributed by atoms with Crippen LogP contribution in [0.4, 0.5) is 13.2 Å². The van der Waals surface area contributed by atoms with Gasteiger partial charge in [0.1, 0.15) is 12.3 Å². The molecule has 5 rings (SSSR count). The molecule has 0 aliphatic carbocycles. The molecule has 214 valence electrons. The van der Waals surface area contributed by atoms with Crippen molar-refractivity contribution in [3.63, 3.8) is 0 Å². The van der Waals surface area contributed by atoms with Crippen LogP contribution >= 0.6 is 11.8 Å². The lowest BCUT2D eigenvalue weighted by atomic mass is 10.2. The number of ether oxygens (including phenoxy) is 2. The molecule has 8 nitrogen and oxygen atoms in total. The molecule has 0 aliphatic rings. The Morgan fingerprint density at radius 3 is 2.46 bits per heavy atom. The molecule has 12 heteroatoms. The molecule has 0 unspecified atom stereocenters. The zero-order valence-electron chi connectivity index (χ0n) is 22.7. The summed E-state index contributed by atoms with van der Waals surface area (Å²) in [7, 11) is 0. The van der Waals surface area contributed by atoms with Crippen molar-refractivity contribution in [2.24, 2.45) is 0 Å². The van der Waals surface area contributed by atoms with Crippen molar-refractivity contribution < 1.29 is 27.2 Å². The monoisotopic (exact) mass is 583 g/mol. The SMILES string of the molecule is CC(C)(C)OCCOc1cccc(-c2noc(CSc3nc4cc(C(F)(F)F)ccc4n3Cc3ccccc3)n2)n1. The number of hydrogen-bond donors (Lipinski definition) is 0. The number of rotatable bonds is 10. The Morgan fingerprint density at radius 1 is 0.902 bits per heavy atom.